The molecule has 0 aliphatic carbocycles. The maximum atomic E-state index is 8.49. The van der Waals surface area contributed by atoms with E-state index in [0.717, 1.165) is 0 Å². The van der Waals surface area contributed by atoms with Crippen molar-refractivity contribution in [1.29, 1.82) is 0 Å². The molecule has 654 valence electrons. The van der Waals surface area contributed by atoms with Crippen molar-refractivity contribution in [2.75, 3.05) is 29.4 Å². The van der Waals surface area contributed by atoms with E-state index in [2.05, 4.69) is 59.8 Å². The molecule has 0 aliphatic heterocycles. The van der Waals surface area contributed by atoms with Crippen LogP contribution in [0.2, 0.25) is 0 Å². The third kappa shape index (κ3) is 38.0. The summed E-state index contributed by atoms with van der Waals surface area (Å²) in [5.74, 6) is 8.21. The Balaban J connectivity index is -0.000000862. The Morgan fingerprint density at radius 2 is 0.230 bits per heavy atom. The molecule has 0 unspecified atom stereocenters. The topological polar surface area (TPSA) is 941 Å². The molecule has 0 fully saturated rings. The second-order valence-corrected chi connectivity index (χ2v) is 23.3. The molecule has 2 radical (unpaired) electrons. The van der Waals surface area contributed by atoms with E-state index in [1.807, 2.05) is 218 Å². The Bertz CT molecular complexity index is 3960. The van der Waals surface area contributed by atoms with Gasteiger partial charge in [0.1, 0.15) is 69.8 Å². The summed E-state index contributed by atoms with van der Waals surface area (Å²) in [6.45, 7) is 0. The van der Waals surface area contributed by atoms with E-state index in [4.69, 9.17) is 104 Å². The summed E-state index contributed by atoms with van der Waals surface area (Å²) >= 11 is 0. The number of nitrogens with zero attached hydrogens (tertiary/aromatic N) is 24. The SMILES string of the molecule is O.O.O.O.O.O.[Co+2].[Co+2].[O-][Cl+3]([O-])([O-])[O-].[O-][Cl+3]([O-])([O-])[O-].[O-][Cl+3]([O-])([O-])[O-].[O-][Cl+3]([O-])([O-])[O-].[OH3+].[OH3+].[OH3+].[OH3+].c1ccc(N(c2ccccn2)c2nc(N(c3ccccn3)c3ccccn3)nc(N(c3ccccn3)c3ccccn3)n2)nc1.c1ccc(N(c2ccccn2)c2nc(N(c3ccccn3)c3ccccn3)nc(N(c3ccccn3)c3ccccn3)n2)nc1. The van der Waals surface area contributed by atoms with Gasteiger partial charge in [0, 0.05) is 74.4 Å². The van der Waals surface area contributed by atoms with Crippen molar-refractivity contribution >= 4 is 106 Å². The molecule has 14 rings (SSSR count). The van der Waals surface area contributed by atoms with Crippen molar-refractivity contribution in [2.24, 2.45) is 0 Å². The van der Waals surface area contributed by atoms with Gasteiger partial charge in [0.2, 0.25) is 35.7 Å². The summed E-state index contributed by atoms with van der Waals surface area (Å²) in [6, 6.07) is 67.2. The molecule has 122 heavy (non-hydrogen) atoms. The minimum atomic E-state index is -4.94. The van der Waals surface area contributed by atoms with Crippen LogP contribution in [0.3, 0.4) is 0 Å². The van der Waals surface area contributed by atoms with Crippen LogP contribution in [0.4, 0.5) is 106 Å². The number of hydrogen-bond acceptors (Lipinski definition) is 40. The average Bonchev–Trinajstić information content (AvgIpc) is 0.771. The fourth-order valence-corrected chi connectivity index (χ4v) is 9.05. The molecule has 0 spiro atoms. The summed E-state index contributed by atoms with van der Waals surface area (Å²) in [7, 11) is -19.8. The molecule has 50 nitrogen and oxygen atoms in total. The monoisotopic (exact) mass is 1870 g/mol. The third-order valence-electron chi connectivity index (χ3n) is 12.9. The number of anilines is 18. The molecule has 14 heterocycles. The van der Waals surface area contributed by atoms with Crippen molar-refractivity contribution in [1.82, 2.24) is 89.7 Å². The minimum absolute atomic E-state index is 0. The van der Waals surface area contributed by atoms with Gasteiger partial charge in [-0.3, -0.25) is 0 Å². The quantitative estimate of drug-likeness (QED) is 0.0720. The van der Waals surface area contributed by atoms with E-state index in [-0.39, 0.29) is 124 Å². The van der Waals surface area contributed by atoms with Crippen LogP contribution in [-0.2, 0) is 55.5 Å². The van der Waals surface area contributed by atoms with Gasteiger partial charge in [-0.05, 0) is 146 Å². The molecule has 24 N–H and O–H groups in total. The Morgan fingerprint density at radius 3 is 0.287 bits per heavy atom. The second kappa shape index (κ2) is 56.3. The van der Waals surface area contributed by atoms with Crippen LogP contribution in [-0.4, -0.2) is 123 Å². The molecular formula is C66H72Cl4Co2N24O26+4. The minimum Gasteiger partial charge on any atom is -0.457 e. The second-order valence-electron chi connectivity index (χ2n) is 20.3. The van der Waals surface area contributed by atoms with Gasteiger partial charge in [0.05, 0.1) is 0 Å². The molecular weight excluding hydrogens is 1800 g/mol. The van der Waals surface area contributed by atoms with Crippen LogP contribution >= 0.6 is 0 Å². The van der Waals surface area contributed by atoms with E-state index >= 15 is 0 Å². The maximum Gasteiger partial charge on any atom is 2.00 e. The van der Waals surface area contributed by atoms with E-state index < -0.39 is 41.0 Å². The van der Waals surface area contributed by atoms with Crippen LogP contribution in [0.5, 0.6) is 0 Å². The summed E-state index contributed by atoms with van der Waals surface area (Å²) in [5, 5.41) is 0. The number of hydrogen-bond donors (Lipinski definition) is 0. The predicted octanol–water partition coefficient (Wildman–Crippen LogP) is -14.4. The van der Waals surface area contributed by atoms with Crippen molar-refractivity contribution < 1.29 is 204 Å². The molecule has 56 heteroatoms. The molecule has 0 aliphatic rings. The number of pyridine rings is 12. The first-order chi connectivity index (χ1) is 52.7. The van der Waals surface area contributed by atoms with Gasteiger partial charge in [-0.1, -0.05) is 72.8 Å². The zero-order valence-corrected chi connectivity index (χ0v) is 66.6. The normalized spacial score (nSPS) is 9.84. The molecule has 0 amide bonds. The maximum absolute atomic E-state index is 8.49. The Hall–Kier alpha value is -12.2. The van der Waals surface area contributed by atoms with Crippen molar-refractivity contribution in [3.63, 3.8) is 0 Å². The number of aromatic nitrogens is 18. The van der Waals surface area contributed by atoms with Crippen molar-refractivity contribution in [3.05, 3.63) is 293 Å². The summed E-state index contributed by atoms with van der Waals surface area (Å²) in [5.41, 5.74) is 0. The molecule has 14 aromatic rings. The van der Waals surface area contributed by atoms with E-state index in [1.165, 1.54) is 0 Å². The number of halogens is 4. The number of rotatable bonds is 18. The molecule has 0 atom stereocenters. The zero-order chi connectivity index (χ0) is 78.5. The fourth-order valence-electron chi connectivity index (χ4n) is 9.05. The van der Waals surface area contributed by atoms with Gasteiger partial charge >= 0.3 is 33.6 Å². The first kappa shape index (κ1) is 116. The summed E-state index contributed by atoms with van der Waals surface area (Å²) in [6.07, 6.45) is 20.5. The van der Waals surface area contributed by atoms with Crippen LogP contribution in [0, 0.1) is 41.0 Å². The summed E-state index contributed by atoms with van der Waals surface area (Å²) < 4.78 is 136. The Morgan fingerprint density at radius 1 is 0.156 bits per heavy atom. The van der Waals surface area contributed by atoms with Gasteiger partial charge in [0.15, 0.2) is 0 Å². The molecule has 0 saturated heterocycles. The Kier molecular flexibility index (Phi) is 53.6. The molecule has 0 bridgehead atoms. The molecule has 0 aromatic carbocycles. The van der Waals surface area contributed by atoms with Crippen LogP contribution in [0.15, 0.2) is 293 Å². The van der Waals surface area contributed by atoms with Gasteiger partial charge in [0.25, 0.3) is 0 Å². The van der Waals surface area contributed by atoms with Crippen LogP contribution in [0.25, 0.3) is 0 Å². The average molecular weight is 1880 g/mol. The van der Waals surface area contributed by atoms with Gasteiger partial charge in [-0.2, -0.15) is 29.9 Å². The van der Waals surface area contributed by atoms with Gasteiger partial charge < -0.3 is 54.8 Å². The van der Waals surface area contributed by atoms with E-state index in [1.54, 1.807) is 104 Å². The standard InChI is InChI=1S/2C33H24N12.4ClHO4.2Co.10H2O/c2*1-7-19-34-25(13-1)43(26-14-2-8-20-35-26)31-40-32(44(27-15-3-9-21-36-27)28-16-4-10-22-37-28)42-33(41-31)45(29-17-5-11-23-38-29)30-18-6-12-24-39-30;4*2-1(3,4)5;;;;;;;;;;;;/h2*1-24H;4*(H,2,3,4,5);;;10*1H2/q;;;;;;2*+2;;;;;;;;;;. The first-order valence-electron chi connectivity index (χ1n) is 30.4. The van der Waals surface area contributed by atoms with Crippen molar-refractivity contribution in [2.45, 2.75) is 0 Å². The van der Waals surface area contributed by atoms with Crippen LogP contribution in [0.1, 0.15) is 0 Å². The zero-order valence-electron chi connectivity index (χ0n) is 61.5. The van der Waals surface area contributed by atoms with Gasteiger partial charge in [-0.25, -0.2) is 164 Å². The van der Waals surface area contributed by atoms with Crippen molar-refractivity contribution in [3.8, 4) is 0 Å². The van der Waals surface area contributed by atoms with Crippen LogP contribution < -0.4 is 104 Å². The van der Waals surface area contributed by atoms with E-state index in [0.29, 0.717) is 69.8 Å². The molecule has 0 saturated carbocycles. The largest absolute Gasteiger partial charge is 2.00 e. The Labute approximate surface area is 717 Å². The molecule has 14 aromatic heterocycles. The van der Waals surface area contributed by atoms with Gasteiger partial charge in [-0.15, -0.1) is 41.0 Å². The third-order valence-corrected chi connectivity index (χ3v) is 12.9. The van der Waals surface area contributed by atoms with E-state index in [9.17, 15) is 0 Å². The predicted molar refractivity (Wildman–Crippen MR) is 382 cm³/mol. The fraction of sp³-hybridized carbons (Fsp3) is 0. The smallest absolute Gasteiger partial charge is 0.457 e. The first-order valence-corrected chi connectivity index (χ1v) is 35.4. The summed E-state index contributed by atoms with van der Waals surface area (Å²) in [4.78, 5) is 96.1.